The van der Waals surface area contributed by atoms with Gasteiger partial charge in [0.1, 0.15) is 23.0 Å². The van der Waals surface area contributed by atoms with Gasteiger partial charge in [0.15, 0.2) is 0 Å². The van der Waals surface area contributed by atoms with E-state index in [1.807, 2.05) is 58.8 Å². The Bertz CT molecular complexity index is 1290. The lowest BCUT2D eigenvalue weighted by Gasteiger charge is -2.34. The zero-order valence-corrected chi connectivity index (χ0v) is 20.5. The molecule has 4 aromatic rings. The second kappa shape index (κ2) is 9.75. The maximum Gasteiger partial charge on any atom is 0.272 e. The first-order chi connectivity index (χ1) is 17.3. The highest BCUT2D eigenvalue weighted by Crippen LogP contribution is 2.27. The molecule has 1 amide bonds. The maximum absolute atomic E-state index is 13.7. The van der Waals surface area contributed by atoms with E-state index < -0.39 is 0 Å². The molecule has 3 aromatic heterocycles. The van der Waals surface area contributed by atoms with Crippen LogP contribution < -0.4 is 0 Å². The van der Waals surface area contributed by atoms with E-state index in [0.29, 0.717) is 18.8 Å². The van der Waals surface area contributed by atoms with Crippen LogP contribution in [0.1, 0.15) is 41.4 Å². The molecule has 180 valence electrons. The lowest BCUT2D eigenvalue weighted by atomic mass is 10.2. The van der Waals surface area contributed by atoms with Crippen molar-refractivity contribution in [3.8, 4) is 16.3 Å². The minimum Gasteiger partial charge on any atom is -0.335 e. The summed E-state index contributed by atoms with van der Waals surface area (Å²) < 4.78 is 4.10. The van der Waals surface area contributed by atoms with Crippen LogP contribution in [0, 0.1) is 0 Å². The van der Waals surface area contributed by atoms with Crippen LogP contribution >= 0.6 is 11.3 Å². The number of rotatable bonds is 5. The van der Waals surface area contributed by atoms with Gasteiger partial charge in [-0.1, -0.05) is 30.7 Å². The Balaban J connectivity index is 1.17. The van der Waals surface area contributed by atoms with E-state index in [-0.39, 0.29) is 5.91 Å². The maximum atomic E-state index is 13.7. The first kappa shape index (κ1) is 22.2. The Morgan fingerprint density at radius 3 is 2.57 bits per heavy atom. The molecule has 1 fully saturated rings. The third-order valence-electron chi connectivity index (χ3n) is 6.91. The third kappa shape index (κ3) is 4.53. The fourth-order valence-corrected chi connectivity index (χ4v) is 5.66. The molecule has 2 aliphatic heterocycles. The second-order valence-electron chi connectivity index (χ2n) is 9.20. The predicted octanol–water partition coefficient (Wildman–Crippen LogP) is 3.88. The first-order valence-electron chi connectivity index (χ1n) is 12.4. The van der Waals surface area contributed by atoms with Crippen LogP contribution in [-0.4, -0.2) is 66.4 Å². The van der Waals surface area contributed by atoms with E-state index >= 15 is 0 Å². The molecule has 0 aliphatic carbocycles. The lowest BCUT2D eigenvalue weighted by Crippen LogP contribution is -2.48. The predicted molar refractivity (Wildman–Crippen MR) is 136 cm³/mol. The summed E-state index contributed by atoms with van der Waals surface area (Å²) in [7, 11) is 0. The van der Waals surface area contributed by atoms with Crippen LogP contribution in [-0.2, 0) is 19.5 Å². The first-order valence-corrected chi connectivity index (χ1v) is 13.3. The molecule has 8 nitrogen and oxygen atoms in total. The molecule has 0 atom stereocenters. The summed E-state index contributed by atoms with van der Waals surface area (Å²) in [4.78, 5) is 19.1. The molecule has 2 aliphatic rings. The number of carbonyl (C=O) groups is 1. The Morgan fingerprint density at radius 2 is 1.77 bits per heavy atom. The monoisotopic (exact) mass is 487 g/mol. The molecule has 1 saturated heterocycles. The van der Waals surface area contributed by atoms with E-state index in [9.17, 15) is 4.79 Å². The summed E-state index contributed by atoms with van der Waals surface area (Å²) in [6, 6.07) is 15.9. The normalized spacial score (nSPS) is 16.7. The van der Waals surface area contributed by atoms with Crippen LogP contribution in [0.4, 0.5) is 0 Å². The molecule has 0 spiro atoms. The van der Waals surface area contributed by atoms with Gasteiger partial charge in [-0.15, -0.1) is 21.5 Å². The van der Waals surface area contributed by atoms with Crippen LogP contribution in [0.2, 0.25) is 0 Å². The number of hydrogen-bond donors (Lipinski definition) is 0. The molecular weight excluding hydrogens is 458 g/mol. The zero-order valence-electron chi connectivity index (χ0n) is 19.7. The number of fused-ring (bicyclic) bond motifs is 1. The van der Waals surface area contributed by atoms with E-state index in [4.69, 9.17) is 5.10 Å². The number of amides is 1. The Labute approximate surface area is 208 Å². The van der Waals surface area contributed by atoms with Crippen molar-refractivity contribution in [1.29, 1.82) is 0 Å². The SMILES string of the molecule is O=C(c1cc(-c2cccs2)nn1-c1ccccc1)N1CCN(Cc2nnc3n2CCCCC3)CC1. The van der Waals surface area contributed by atoms with Gasteiger partial charge < -0.3 is 9.47 Å². The van der Waals surface area contributed by atoms with Crippen molar-refractivity contribution in [1.82, 2.24) is 34.3 Å². The van der Waals surface area contributed by atoms with Crippen molar-refractivity contribution in [3.05, 3.63) is 71.3 Å². The number of aryl methyl sites for hydroxylation is 1. The van der Waals surface area contributed by atoms with E-state index in [2.05, 4.69) is 19.7 Å². The van der Waals surface area contributed by atoms with Gasteiger partial charge in [0.25, 0.3) is 5.91 Å². The number of benzene rings is 1. The zero-order chi connectivity index (χ0) is 23.6. The molecule has 0 bridgehead atoms. The standard InChI is InChI=1S/C26H29N7OS/c34-26(22-18-21(23-10-7-17-35-23)29-33(22)20-8-3-1-4-9-20)31-15-13-30(14-16-31)19-25-28-27-24-11-5-2-6-12-32(24)25/h1,3-4,7-10,17-18H,2,5-6,11-16,19H2. The van der Waals surface area contributed by atoms with Gasteiger partial charge in [-0.05, 0) is 42.5 Å². The van der Waals surface area contributed by atoms with Gasteiger partial charge in [-0.3, -0.25) is 9.69 Å². The quantitative estimate of drug-likeness (QED) is 0.427. The van der Waals surface area contributed by atoms with Crippen molar-refractivity contribution >= 4 is 17.2 Å². The highest BCUT2D eigenvalue weighted by Gasteiger charge is 2.27. The van der Waals surface area contributed by atoms with Crippen molar-refractivity contribution in [3.63, 3.8) is 0 Å². The van der Waals surface area contributed by atoms with Crippen LogP contribution in [0.25, 0.3) is 16.3 Å². The molecule has 1 aromatic carbocycles. The lowest BCUT2D eigenvalue weighted by molar-refractivity contribution is 0.0615. The molecule has 5 heterocycles. The molecule has 9 heteroatoms. The van der Waals surface area contributed by atoms with Crippen LogP contribution in [0.15, 0.2) is 53.9 Å². The Morgan fingerprint density at radius 1 is 0.914 bits per heavy atom. The summed E-state index contributed by atoms with van der Waals surface area (Å²) in [5, 5.41) is 15.8. The Hall–Kier alpha value is -3.30. The van der Waals surface area contributed by atoms with Crippen molar-refractivity contribution in [2.24, 2.45) is 0 Å². The average Bonchev–Trinajstić information content (AvgIpc) is 3.63. The van der Waals surface area contributed by atoms with Crippen molar-refractivity contribution < 1.29 is 4.79 Å². The van der Waals surface area contributed by atoms with Gasteiger partial charge in [0.05, 0.1) is 17.1 Å². The van der Waals surface area contributed by atoms with Gasteiger partial charge in [-0.2, -0.15) is 5.10 Å². The molecule has 35 heavy (non-hydrogen) atoms. The summed E-state index contributed by atoms with van der Waals surface area (Å²) in [5.74, 6) is 2.21. The minimum absolute atomic E-state index is 0.0279. The Kier molecular flexibility index (Phi) is 6.18. The van der Waals surface area contributed by atoms with E-state index in [1.54, 1.807) is 16.0 Å². The molecule has 0 radical (unpaired) electrons. The van der Waals surface area contributed by atoms with Gasteiger partial charge >= 0.3 is 0 Å². The van der Waals surface area contributed by atoms with Crippen LogP contribution in [0.5, 0.6) is 0 Å². The number of thiophene rings is 1. The highest BCUT2D eigenvalue weighted by molar-refractivity contribution is 7.13. The minimum atomic E-state index is 0.0279. The summed E-state index contributed by atoms with van der Waals surface area (Å²) in [6.45, 7) is 4.84. The average molecular weight is 488 g/mol. The van der Waals surface area contributed by atoms with Crippen molar-refractivity contribution in [2.45, 2.75) is 38.8 Å². The fraction of sp³-hybridized carbons (Fsp3) is 0.385. The highest BCUT2D eigenvalue weighted by atomic mass is 32.1. The van der Waals surface area contributed by atoms with Gasteiger partial charge in [0.2, 0.25) is 0 Å². The van der Waals surface area contributed by atoms with E-state index in [1.165, 1.54) is 19.3 Å². The summed E-state index contributed by atoms with van der Waals surface area (Å²) in [6.07, 6.45) is 4.69. The smallest absolute Gasteiger partial charge is 0.272 e. The number of para-hydroxylation sites is 1. The van der Waals surface area contributed by atoms with Gasteiger partial charge in [-0.25, -0.2) is 4.68 Å². The largest absolute Gasteiger partial charge is 0.335 e. The topological polar surface area (TPSA) is 72.1 Å². The third-order valence-corrected chi connectivity index (χ3v) is 7.81. The molecule has 0 saturated carbocycles. The number of aromatic nitrogens is 5. The van der Waals surface area contributed by atoms with Gasteiger partial charge in [0, 0.05) is 39.1 Å². The number of piperazine rings is 1. The van der Waals surface area contributed by atoms with Crippen LogP contribution in [0.3, 0.4) is 0 Å². The van der Waals surface area contributed by atoms with E-state index in [0.717, 1.165) is 60.5 Å². The summed E-state index contributed by atoms with van der Waals surface area (Å²) >= 11 is 1.63. The fourth-order valence-electron chi connectivity index (χ4n) is 4.98. The second-order valence-corrected chi connectivity index (χ2v) is 10.2. The molecule has 0 unspecified atom stereocenters. The molecule has 6 rings (SSSR count). The number of hydrogen-bond acceptors (Lipinski definition) is 6. The molecule has 0 N–H and O–H groups in total. The molecular formula is C26H29N7OS. The number of carbonyl (C=O) groups excluding carboxylic acids is 1. The summed E-state index contributed by atoms with van der Waals surface area (Å²) in [5.41, 5.74) is 2.33. The van der Waals surface area contributed by atoms with Crippen molar-refractivity contribution in [2.75, 3.05) is 26.2 Å². The number of nitrogens with zero attached hydrogens (tertiary/aromatic N) is 7.